The number of aliphatic hydroxyl groups is 1. The molecule has 5 nitrogen and oxygen atoms in total. The predicted molar refractivity (Wildman–Crippen MR) is 66.0 cm³/mol. The highest BCUT2D eigenvalue weighted by Crippen LogP contribution is 2.38. The normalized spacial score (nSPS) is 36.3. The second-order valence-electron chi connectivity index (χ2n) is 5.63. The average Bonchev–Trinajstić information content (AvgIpc) is 3.07. The second-order valence-corrected chi connectivity index (χ2v) is 5.63. The molecule has 1 saturated carbocycles. The Balaban J connectivity index is 1.66. The fourth-order valence-electron chi connectivity index (χ4n) is 3.14. The molecule has 0 bridgehead atoms. The van der Waals surface area contributed by atoms with Crippen molar-refractivity contribution in [3.8, 4) is 0 Å². The fourth-order valence-corrected chi connectivity index (χ4v) is 3.14. The van der Waals surface area contributed by atoms with E-state index in [1.807, 2.05) is 0 Å². The van der Waals surface area contributed by atoms with Crippen LogP contribution in [0.25, 0.3) is 0 Å². The molecule has 5 heteroatoms. The number of hydrogen-bond donors (Lipinski definition) is 2. The van der Waals surface area contributed by atoms with E-state index in [1.165, 1.54) is 25.7 Å². The Morgan fingerprint density at radius 3 is 2.94 bits per heavy atom. The van der Waals surface area contributed by atoms with Gasteiger partial charge in [-0.25, -0.2) is 0 Å². The van der Waals surface area contributed by atoms with E-state index in [1.54, 1.807) is 0 Å². The molecule has 2 unspecified atom stereocenters. The highest BCUT2D eigenvalue weighted by molar-refractivity contribution is 5.03. The van der Waals surface area contributed by atoms with Crippen LogP contribution in [0.1, 0.15) is 62.7 Å². The number of rotatable bonds is 3. The molecule has 0 spiro atoms. The van der Waals surface area contributed by atoms with Gasteiger partial charge in [0.2, 0.25) is 5.89 Å². The summed E-state index contributed by atoms with van der Waals surface area (Å²) in [5.74, 6) is 2.80. The number of nitrogens with zero attached hydrogens (tertiary/aromatic N) is 2. The summed E-state index contributed by atoms with van der Waals surface area (Å²) in [5, 5.41) is 16.8. The zero-order chi connectivity index (χ0) is 12.5. The van der Waals surface area contributed by atoms with Crippen LogP contribution in [0.15, 0.2) is 4.52 Å². The Kier molecular flexibility index (Phi) is 3.35. The van der Waals surface area contributed by atoms with Gasteiger partial charge >= 0.3 is 0 Å². The lowest BCUT2D eigenvalue weighted by Gasteiger charge is -2.05. The molecule has 1 aliphatic heterocycles. The zero-order valence-electron chi connectivity index (χ0n) is 10.8. The summed E-state index contributed by atoms with van der Waals surface area (Å²) < 4.78 is 5.34. The molecule has 4 atom stereocenters. The van der Waals surface area contributed by atoms with Crippen molar-refractivity contribution in [2.75, 3.05) is 6.54 Å². The Bertz CT molecular complexity index is 407. The third-order valence-electron chi connectivity index (χ3n) is 4.35. The quantitative estimate of drug-likeness (QED) is 0.856. The largest absolute Gasteiger partial charge is 0.392 e. The monoisotopic (exact) mass is 251 g/mol. The van der Waals surface area contributed by atoms with Crippen LogP contribution in [0, 0.1) is 5.92 Å². The Hall–Kier alpha value is -0.940. The Morgan fingerprint density at radius 1 is 1.39 bits per heavy atom. The Morgan fingerprint density at radius 2 is 2.28 bits per heavy atom. The summed E-state index contributed by atoms with van der Waals surface area (Å²) in [7, 11) is 0. The molecule has 1 saturated heterocycles. The minimum absolute atomic E-state index is 0.0321. The van der Waals surface area contributed by atoms with Crippen molar-refractivity contribution in [3.05, 3.63) is 11.7 Å². The molecule has 0 aromatic carbocycles. The van der Waals surface area contributed by atoms with Crippen molar-refractivity contribution in [1.82, 2.24) is 15.5 Å². The number of aliphatic hydroxyl groups excluding tert-OH is 1. The van der Waals surface area contributed by atoms with E-state index >= 15 is 0 Å². The Labute approximate surface area is 107 Å². The van der Waals surface area contributed by atoms with Crippen molar-refractivity contribution in [2.45, 2.75) is 57.1 Å². The number of hydrogen-bond acceptors (Lipinski definition) is 5. The first-order chi connectivity index (χ1) is 8.76. The van der Waals surface area contributed by atoms with Gasteiger partial charge < -0.3 is 14.9 Å². The minimum atomic E-state index is -0.290. The second kappa shape index (κ2) is 4.97. The maximum atomic E-state index is 9.49. The summed E-state index contributed by atoms with van der Waals surface area (Å²) in [6, 6.07) is 0.0321. The molecule has 1 aromatic rings. The lowest BCUT2D eigenvalue weighted by molar-refractivity contribution is 0.191. The lowest BCUT2D eigenvalue weighted by atomic mass is 10.0. The molecule has 100 valence electrons. The van der Waals surface area contributed by atoms with Crippen molar-refractivity contribution in [2.24, 2.45) is 5.92 Å². The van der Waals surface area contributed by atoms with Crippen LogP contribution in [0.5, 0.6) is 0 Å². The molecule has 0 amide bonds. The molecule has 1 aromatic heterocycles. The van der Waals surface area contributed by atoms with Crippen LogP contribution < -0.4 is 5.32 Å². The van der Waals surface area contributed by atoms with Gasteiger partial charge in [0.1, 0.15) is 0 Å². The third kappa shape index (κ3) is 2.29. The summed E-state index contributed by atoms with van der Waals surface area (Å²) in [6.07, 6.45) is 5.28. The molecule has 2 aliphatic rings. The smallest absolute Gasteiger partial charge is 0.243 e. The van der Waals surface area contributed by atoms with E-state index in [2.05, 4.69) is 22.4 Å². The van der Waals surface area contributed by atoms with Gasteiger partial charge in [-0.15, -0.1) is 0 Å². The maximum absolute atomic E-state index is 9.49. The van der Waals surface area contributed by atoms with Crippen molar-refractivity contribution >= 4 is 0 Å². The van der Waals surface area contributed by atoms with Gasteiger partial charge in [-0.3, -0.25) is 0 Å². The molecular formula is C13H21N3O2. The SMILES string of the molecule is CCC1CCC(c2noc([C@H]3C[C@H](O)CN3)n2)C1. The van der Waals surface area contributed by atoms with Crippen LogP contribution in [-0.4, -0.2) is 27.9 Å². The standard InChI is InChI=1S/C13H21N3O2/c1-2-8-3-4-9(5-8)12-15-13(18-16-12)11-6-10(17)7-14-11/h8-11,14,17H,2-7H2,1H3/t8?,9?,10-,11+/m0/s1. The molecule has 2 N–H and O–H groups in total. The van der Waals surface area contributed by atoms with Crippen LogP contribution >= 0.6 is 0 Å². The summed E-state index contributed by atoms with van der Waals surface area (Å²) >= 11 is 0. The van der Waals surface area contributed by atoms with Gasteiger partial charge in [0.25, 0.3) is 0 Å². The van der Waals surface area contributed by atoms with Crippen molar-refractivity contribution in [3.63, 3.8) is 0 Å². The van der Waals surface area contributed by atoms with Gasteiger partial charge in [-0.2, -0.15) is 4.98 Å². The molecule has 2 fully saturated rings. The maximum Gasteiger partial charge on any atom is 0.243 e. The molecule has 0 radical (unpaired) electrons. The van der Waals surface area contributed by atoms with Gasteiger partial charge in [0, 0.05) is 12.5 Å². The van der Waals surface area contributed by atoms with Crippen molar-refractivity contribution in [1.29, 1.82) is 0 Å². The average molecular weight is 251 g/mol. The van der Waals surface area contributed by atoms with Gasteiger partial charge in [0.15, 0.2) is 5.82 Å². The molecule has 2 heterocycles. The first-order valence-corrected chi connectivity index (χ1v) is 7.01. The van der Waals surface area contributed by atoms with E-state index in [9.17, 15) is 5.11 Å². The van der Waals surface area contributed by atoms with Crippen LogP contribution in [0.4, 0.5) is 0 Å². The van der Waals surface area contributed by atoms with Gasteiger partial charge in [-0.1, -0.05) is 18.5 Å². The summed E-state index contributed by atoms with van der Waals surface area (Å²) in [4.78, 5) is 4.53. The van der Waals surface area contributed by atoms with Crippen LogP contribution in [0.2, 0.25) is 0 Å². The van der Waals surface area contributed by atoms with E-state index in [0.717, 1.165) is 11.7 Å². The third-order valence-corrected chi connectivity index (χ3v) is 4.35. The lowest BCUT2D eigenvalue weighted by Crippen LogP contribution is -2.15. The molecule has 18 heavy (non-hydrogen) atoms. The first-order valence-electron chi connectivity index (χ1n) is 7.01. The van der Waals surface area contributed by atoms with Gasteiger partial charge in [-0.05, 0) is 31.6 Å². The van der Waals surface area contributed by atoms with Gasteiger partial charge in [0.05, 0.1) is 12.1 Å². The highest BCUT2D eigenvalue weighted by Gasteiger charge is 2.31. The van der Waals surface area contributed by atoms with E-state index in [-0.39, 0.29) is 12.1 Å². The van der Waals surface area contributed by atoms with E-state index in [0.29, 0.717) is 24.8 Å². The molecule has 3 rings (SSSR count). The molecule has 1 aliphatic carbocycles. The topological polar surface area (TPSA) is 71.2 Å². The van der Waals surface area contributed by atoms with Crippen LogP contribution in [-0.2, 0) is 0 Å². The number of aromatic nitrogens is 2. The minimum Gasteiger partial charge on any atom is -0.392 e. The fraction of sp³-hybridized carbons (Fsp3) is 0.846. The number of nitrogens with one attached hydrogen (secondary N) is 1. The predicted octanol–water partition coefficient (Wildman–Crippen LogP) is 1.76. The number of β-amino-alcohol motifs (C(OH)–C–C–N with tert-alkyl or cyclic N) is 1. The summed E-state index contributed by atoms with van der Waals surface area (Å²) in [6.45, 7) is 2.86. The summed E-state index contributed by atoms with van der Waals surface area (Å²) in [5.41, 5.74) is 0. The van der Waals surface area contributed by atoms with Crippen LogP contribution in [0.3, 0.4) is 0 Å². The van der Waals surface area contributed by atoms with E-state index in [4.69, 9.17) is 4.52 Å². The van der Waals surface area contributed by atoms with E-state index < -0.39 is 0 Å². The molecular weight excluding hydrogens is 230 g/mol. The highest BCUT2D eigenvalue weighted by atomic mass is 16.5. The van der Waals surface area contributed by atoms with Crippen molar-refractivity contribution < 1.29 is 9.63 Å². The zero-order valence-corrected chi connectivity index (χ0v) is 10.8. The first kappa shape index (κ1) is 12.1.